The van der Waals surface area contributed by atoms with Crippen LogP contribution in [0.2, 0.25) is 0 Å². The molecule has 132 valence electrons. The number of nitrogens with one attached hydrogen (secondary N) is 1. The number of aromatic nitrogens is 3. The molecule has 0 radical (unpaired) electrons. The largest absolute Gasteiger partial charge is 0.359 e. The molecule has 4 rings (SSSR count). The molecular weight excluding hydrogens is 340 g/mol. The molecule has 5 heteroatoms. The smallest absolute Gasteiger partial charge is 0.183 e. The summed E-state index contributed by atoms with van der Waals surface area (Å²) < 4.78 is 2.10. The van der Waals surface area contributed by atoms with E-state index >= 15 is 0 Å². The van der Waals surface area contributed by atoms with Crippen LogP contribution in [0.5, 0.6) is 0 Å². The molecule has 1 aromatic carbocycles. The van der Waals surface area contributed by atoms with Crippen LogP contribution in [0.4, 0.5) is 5.13 Å². The van der Waals surface area contributed by atoms with Crippen molar-refractivity contribution in [1.29, 1.82) is 0 Å². The van der Waals surface area contributed by atoms with Crippen LogP contribution in [0.25, 0.3) is 27.2 Å². The average molecular weight is 363 g/mol. The van der Waals surface area contributed by atoms with Crippen LogP contribution in [0.3, 0.4) is 0 Å². The predicted octanol–water partition coefficient (Wildman–Crippen LogP) is 5.56. The van der Waals surface area contributed by atoms with Gasteiger partial charge in [-0.25, -0.2) is 9.97 Å². The first-order valence-electron chi connectivity index (χ1n) is 8.78. The Morgan fingerprint density at radius 2 is 1.92 bits per heavy atom. The number of benzene rings is 1. The molecule has 3 heterocycles. The molecule has 0 atom stereocenters. The standard InChI is InChI=1S/C21H22N4S/c1-13(2)24-21-23-11-19(26-21)16-10-18(20-22-7-8-25(20)12-16)17-9-14(3)5-6-15(17)4/h5-13H,1-4H3,(H,23,24). The van der Waals surface area contributed by atoms with E-state index in [4.69, 9.17) is 0 Å². The number of nitrogens with zero attached hydrogens (tertiary/aromatic N) is 3. The summed E-state index contributed by atoms with van der Waals surface area (Å²) in [6.07, 6.45) is 7.93. The van der Waals surface area contributed by atoms with E-state index in [0.29, 0.717) is 6.04 Å². The van der Waals surface area contributed by atoms with Gasteiger partial charge in [-0.05, 0) is 44.9 Å². The number of hydrogen-bond acceptors (Lipinski definition) is 4. The van der Waals surface area contributed by atoms with Crippen LogP contribution in [-0.2, 0) is 0 Å². The summed E-state index contributed by atoms with van der Waals surface area (Å²) >= 11 is 1.68. The molecule has 0 fully saturated rings. The maximum absolute atomic E-state index is 4.58. The van der Waals surface area contributed by atoms with Crippen LogP contribution in [0.15, 0.2) is 49.1 Å². The van der Waals surface area contributed by atoms with Gasteiger partial charge in [-0.3, -0.25) is 0 Å². The highest BCUT2D eigenvalue weighted by Gasteiger charge is 2.13. The van der Waals surface area contributed by atoms with Crippen LogP contribution in [0, 0.1) is 13.8 Å². The fraction of sp³-hybridized carbons (Fsp3) is 0.238. The molecule has 3 aromatic heterocycles. The number of rotatable bonds is 4. The Kier molecular flexibility index (Phi) is 4.24. The SMILES string of the molecule is Cc1ccc(C)c(-c2cc(-c3cnc(NC(C)C)s3)cn3ccnc23)c1. The number of anilines is 1. The molecule has 0 amide bonds. The van der Waals surface area contributed by atoms with Gasteiger partial charge in [0.25, 0.3) is 0 Å². The van der Waals surface area contributed by atoms with Crippen LogP contribution < -0.4 is 5.32 Å². The fourth-order valence-electron chi connectivity index (χ4n) is 3.11. The number of imidazole rings is 1. The van der Waals surface area contributed by atoms with Crippen molar-refractivity contribution in [2.75, 3.05) is 5.32 Å². The zero-order valence-electron chi connectivity index (χ0n) is 15.4. The number of aryl methyl sites for hydroxylation is 2. The highest BCUT2D eigenvalue weighted by molar-refractivity contribution is 7.18. The third-order valence-electron chi connectivity index (χ3n) is 4.37. The van der Waals surface area contributed by atoms with Gasteiger partial charge in [-0.2, -0.15) is 0 Å². The monoisotopic (exact) mass is 362 g/mol. The zero-order valence-corrected chi connectivity index (χ0v) is 16.3. The van der Waals surface area contributed by atoms with Crippen LogP contribution in [0.1, 0.15) is 25.0 Å². The highest BCUT2D eigenvalue weighted by atomic mass is 32.1. The van der Waals surface area contributed by atoms with Crippen molar-refractivity contribution >= 4 is 22.1 Å². The maximum atomic E-state index is 4.58. The first-order chi connectivity index (χ1) is 12.5. The maximum Gasteiger partial charge on any atom is 0.183 e. The average Bonchev–Trinajstić information content (AvgIpc) is 3.24. The minimum atomic E-state index is 0.371. The van der Waals surface area contributed by atoms with E-state index in [1.165, 1.54) is 16.7 Å². The second-order valence-corrected chi connectivity index (χ2v) is 7.98. The second kappa shape index (κ2) is 6.57. The lowest BCUT2D eigenvalue weighted by Crippen LogP contribution is -2.08. The van der Waals surface area contributed by atoms with Gasteiger partial charge < -0.3 is 9.72 Å². The van der Waals surface area contributed by atoms with Gasteiger partial charge in [0.1, 0.15) is 5.65 Å². The fourth-order valence-corrected chi connectivity index (χ4v) is 4.06. The van der Waals surface area contributed by atoms with Crippen molar-refractivity contribution in [3.8, 4) is 21.6 Å². The third-order valence-corrected chi connectivity index (χ3v) is 5.35. The van der Waals surface area contributed by atoms with Crippen molar-refractivity contribution in [2.45, 2.75) is 33.7 Å². The topological polar surface area (TPSA) is 42.2 Å². The molecule has 4 aromatic rings. The molecule has 4 nitrogen and oxygen atoms in total. The highest BCUT2D eigenvalue weighted by Crippen LogP contribution is 2.35. The van der Waals surface area contributed by atoms with Crippen LogP contribution in [-0.4, -0.2) is 20.4 Å². The van der Waals surface area contributed by atoms with E-state index in [9.17, 15) is 0 Å². The minimum absolute atomic E-state index is 0.371. The van der Waals surface area contributed by atoms with E-state index in [-0.39, 0.29) is 0 Å². The lowest BCUT2D eigenvalue weighted by atomic mass is 9.98. The molecule has 0 unspecified atom stereocenters. The van der Waals surface area contributed by atoms with E-state index in [2.05, 4.69) is 77.8 Å². The minimum Gasteiger partial charge on any atom is -0.359 e. The van der Waals surface area contributed by atoms with E-state index < -0.39 is 0 Å². The molecular formula is C21H22N4S. The van der Waals surface area contributed by atoms with Gasteiger partial charge in [0, 0.05) is 42.0 Å². The Hall–Kier alpha value is -2.66. The molecule has 0 spiro atoms. The predicted molar refractivity (Wildman–Crippen MR) is 110 cm³/mol. The molecule has 0 aliphatic heterocycles. The first-order valence-corrected chi connectivity index (χ1v) is 9.60. The van der Waals surface area contributed by atoms with Crippen molar-refractivity contribution in [1.82, 2.24) is 14.4 Å². The van der Waals surface area contributed by atoms with Gasteiger partial charge in [0.05, 0.1) is 4.88 Å². The van der Waals surface area contributed by atoms with Crippen molar-refractivity contribution < 1.29 is 0 Å². The van der Waals surface area contributed by atoms with Crippen LogP contribution >= 0.6 is 11.3 Å². The molecule has 1 N–H and O–H groups in total. The van der Waals surface area contributed by atoms with Gasteiger partial charge in [-0.15, -0.1) is 0 Å². The molecule has 0 bridgehead atoms. The summed E-state index contributed by atoms with van der Waals surface area (Å²) in [6, 6.07) is 9.17. The lowest BCUT2D eigenvalue weighted by Gasteiger charge is -2.11. The summed E-state index contributed by atoms with van der Waals surface area (Å²) in [4.78, 5) is 10.2. The molecule has 0 saturated carbocycles. The summed E-state index contributed by atoms with van der Waals surface area (Å²) in [5.74, 6) is 0. The Morgan fingerprint density at radius 1 is 1.08 bits per heavy atom. The first kappa shape index (κ1) is 16.8. The van der Waals surface area contributed by atoms with Crippen molar-refractivity contribution in [2.24, 2.45) is 0 Å². The van der Waals surface area contributed by atoms with Crippen molar-refractivity contribution in [3.63, 3.8) is 0 Å². The zero-order chi connectivity index (χ0) is 18.3. The number of thiazole rings is 1. The molecule has 0 aliphatic rings. The second-order valence-electron chi connectivity index (χ2n) is 6.95. The Balaban J connectivity index is 1.88. The van der Waals surface area contributed by atoms with E-state index in [1.807, 2.05) is 18.6 Å². The summed E-state index contributed by atoms with van der Waals surface area (Å²) in [7, 11) is 0. The summed E-state index contributed by atoms with van der Waals surface area (Å²) in [5, 5.41) is 4.33. The summed E-state index contributed by atoms with van der Waals surface area (Å²) in [5.41, 5.74) is 7.02. The van der Waals surface area contributed by atoms with Crippen molar-refractivity contribution in [3.05, 3.63) is 60.2 Å². The number of fused-ring (bicyclic) bond motifs is 1. The van der Waals surface area contributed by atoms with E-state index in [0.717, 1.165) is 26.8 Å². The molecule has 0 aliphatic carbocycles. The normalized spacial score (nSPS) is 11.4. The Labute approximate surface area is 157 Å². The summed E-state index contributed by atoms with van der Waals surface area (Å²) in [6.45, 7) is 8.52. The third kappa shape index (κ3) is 3.10. The molecule has 0 saturated heterocycles. The van der Waals surface area contributed by atoms with Gasteiger partial charge in [0.15, 0.2) is 5.13 Å². The molecule has 26 heavy (non-hydrogen) atoms. The number of pyridine rings is 1. The van der Waals surface area contributed by atoms with Gasteiger partial charge in [0.2, 0.25) is 0 Å². The lowest BCUT2D eigenvalue weighted by molar-refractivity contribution is 0.896. The van der Waals surface area contributed by atoms with Gasteiger partial charge in [-0.1, -0.05) is 35.1 Å². The number of hydrogen-bond donors (Lipinski definition) is 1. The van der Waals surface area contributed by atoms with E-state index in [1.54, 1.807) is 11.3 Å². The Bertz CT molecular complexity index is 1070. The Morgan fingerprint density at radius 3 is 2.73 bits per heavy atom. The van der Waals surface area contributed by atoms with Gasteiger partial charge >= 0.3 is 0 Å². The quantitative estimate of drug-likeness (QED) is 0.517.